The molecule has 2 heterocycles. The van der Waals surface area contributed by atoms with Gasteiger partial charge >= 0.3 is 0 Å². The molecule has 0 bridgehead atoms. The maximum absolute atomic E-state index is 13.0. The van der Waals surface area contributed by atoms with Crippen molar-refractivity contribution >= 4 is 23.2 Å². The molecule has 1 aliphatic rings. The Hall–Kier alpha value is -2.32. The molecule has 2 aromatic rings. The van der Waals surface area contributed by atoms with E-state index in [-0.39, 0.29) is 30.1 Å². The van der Waals surface area contributed by atoms with Crippen LogP contribution in [0.1, 0.15) is 17.8 Å². The highest BCUT2D eigenvalue weighted by Gasteiger charge is 2.26. The number of nitrogens with one attached hydrogen (secondary N) is 1. The van der Waals surface area contributed by atoms with Gasteiger partial charge in [0, 0.05) is 17.5 Å². The van der Waals surface area contributed by atoms with E-state index in [1.165, 1.54) is 23.5 Å². The molecule has 8 heteroatoms. The lowest BCUT2D eigenvalue weighted by molar-refractivity contribution is -0.128. The molecule has 0 unspecified atom stereocenters. The third kappa shape index (κ3) is 4.86. The minimum Gasteiger partial charge on any atom is -0.369 e. The maximum Gasteiger partial charge on any atom is 0.231 e. The predicted molar refractivity (Wildman–Crippen MR) is 97.7 cm³/mol. The minimum atomic E-state index is -0.373. The second kappa shape index (κ2) is 8.37. The zero-order chi connectivity index (χ0) is 18.5. The highest BCUT2D eigenvalue weighted by molar-refractivity contribution is 7.09. The predicted octanol–water partition coefficient (Wildman–Crippen LogP) is 1.76. The lowest BCUT2D eigenvalue weighted by atomic mass is 9.97. The fourth-order valence-corrected chi connectivity index (χ4v) is 3.83. The molecule has 1 saturated heterocycles. The van der Waals surface area contributed by atoms with Crippen LogP contribution >= 0.6 is 11.3 Å². The van der Waals surface area contributed by atoms with E-state index < -0.39 is 0 Å². The Kier molecular flexibility index (Phi) is 5.95. The standard InChI is InChI=1S/C18H21FN4O2S/c19-14-5-3-12(4-6-14)15-11-26-17(22-15)8-21-18(25)13-2-1-7-23(9-13)10-16(20)24/h3-6,11,13H,1-2,7-10H2,(H2,20,24)(H,21,25)/t13-/m0/s1. The van der Waals surface area contributed by atoms with Crippen molar-refractivity contribution in [2.24, 2.45) is 11.7 Å². The number of hydrogen-bond acceptors (Lipinski definition) is 5. The molecular weight excluding hydrogens is 355 g/mol. The van der Waals surface area contributed by atoms with Crippen LogP contribution in [0.15, 0.2) is 29.6 Å². The number of rotatable bonds is 6. The van der Waals surface area contributed by atoms with Crippen LogP contribution in [0, 0.1) is 11.7 Å². The Morgan fingerprint density at radius 3 is 2.85 bits per heavy atom. The monoisotopic (exact) mass is 376 g/mol. The van der Waals surface area contributed by atoms with Gasteiger partial charge in [0.15, 0.2) is 0 Å². The number of benzene rings is 1. The van der Waals surface area contributed by atoms with Gasteiger partial charge in [-0.15, -0.1) is 11.3 Å². The highest BCUT2D eigenvalue weighted by atomic mass is 32.1. The quantitative estimate of drug-likeness (QED) is 0.804. The van der Waals surface area contributed by atoms with Gasteiger partial charge in [-0.2, -0.15) is 0 Å². The van der Waals surface area contributed by atoms with Gasteiger partial charge < -0.3 is 11.1 Å². The first-order valence-electron chi connectivity index (χ1n) is 8.50. The van der Waals surface area contributed by atoms with Crippen molar-refractivity contribution in [1.82, 2.24) is 15.2 Å². The van der Waals surface area contributed by atoms with Gasteiger partial charge in [-0.25, -0.2) is 9.37 Å². The number of piperidine rings is 1. The number of primary amides is 1. The van der Waals surface area contributed by atoms with Crippen LogP contribution in [0.4, 0.5) is 4.39 Å². The second-order valence-corrected chi connectivity index (χ2v) is 7.33. The molecule has 0 spiro atoms. The number of carbonyl (C=O) groups is 2. The number of thiazole rings is 1. The number of carbonyl (C=O) groups excluding carboxylic acids is 2. The first-order valence-corrected chi connectivity index (χ1v) is 9.38. The Morgan fingerprint density at radius 1 is 1.35 bits per heavy atom. The number of amides is 2. The third-order valence-electron chi connectivity index (χ3n) is 4.36. The largest absolute Gasteiger partial charge is 0.369 e. The number of halogens is 1. The highest BCUT2D eigenvalue weighted by Crippen LogP contribution is 2.22. The van der Waals surface area contributed by atoms with Crippen molar-refractivity contribution in [3.05, 3.63) is 40.5 Å². The van der Waals surface area contributed by atoms with Gasteiger partial charge in [-0.3, -0.25) is 14.5 Å². The van der Waals surface area contributed by atoms with Gasteiger partial charge in [-0.1, -0.05) is 0 Å². The number of aromatic nitrogens is 1. The van der Waals surface area contributed by atoms with Crippen LogP contribution < -0.4 is 11.1 Å². The lowest BCUT2D eigenvalue weighted by Crippen LogP contribution is -2.45. The van der Waals surface area contributed by atoms with Crippen LogP contribution in [-0.4, -0.2) is 41.3 Å². The summed E-state index contributed by atoms with van der Waals surface area (Å²) in [6, 6.07) is 6.16. The topological polar surface area (TPSA) is 88.3 Å². The zero-order valence-corrected chi connectivity index (χ0v) is 15.1. The summed E-state index contributed by atoms with van der Waals surface area (Å²) in [5.74, 6) is -0.825. The molecule has 2 amide bonds. The number of hydrogen-bond donors (Lipinski definition) is 2. The normalized spacial score (nSPS) is 17.8. The summed E-state index contributed by atoms with van der Waals surface area (Å²) in [6.07, 6.45) is 1.68. The summed E-state index contributed by atoms with van der Waals surface area (Å²) in [7, 11) is 0. The van der Waals surface area contributed by atoms with Crippen molar-refractivity contribution in [2.45, 2.75) is 19.4 Å². The van der Waals surface area contributed by atoms with E-state index in [1.54, 1.807) is 12.1 Å². The van der Waals surface area contributed by atoms with Crippen molar-refractivity contribution in [1.29, 1.82) is 0 Å². The number of likely N-dealkylation sites (tertiary alicyclic amines) is 1. The van der Waals surface area contributed by atoms with Gasteiger partial charge in [0.2, 0.25) is 11.8 Å². The summed E-state index contributed by atoms with van der Waals surface area (Å²) in [5, 5.41) is 5.61. The molecule has 0 radical (unpaired) electrons. The van der Waals surface area contributed by atoms with Gasteiger partial charge in [0.25, 0.3) is 0 Å². The van der Waals surface area contributed by atoms with Crippen LogP contribution in [0.3, 0.4) is 0 Å². The molecule has 1 atom stereocenters. The summed E-state index contributed by atoms with van der Waals surface area (Å²) in [5.41, 5.74) is 6.84. The average molecular weight is 376 g/mol. The third-order valence-corrected chi connectivity index (χ3v) is 5.21. The average Bonchev–Trinajstić information content (AvgIpc) is 3.09. The molecular formula is C18H21FN4O2S. The Balaban J connectivity index is 1.53. The van der Waals surface area contributed by atoms with Crippen LogP contribution in [0.5, 0.6) is 0 Å². The van der Waals surface area contributed by atoms with Crippen molar-refractivity contribution < 1.29 is 14.0 Å². The van der Waals surface area contributed by atoms with Crippen LogP contribution in [-0.2, 0) is 16.1 Å². The fraction of sp³-hybridized carbons (Fsp3) is 0.389. The Morgan fingerprint density at radius 2 is 2.12 bits per heavy atom. The first-order chi connectivity index (χ1) is 12.5. The number of nitrogens with zero attached hydrogens (tertiary/aromatic N) is 2. The minimum absolute atomic E-state index is 0.0299. The summed E-state index contributed by atoms with van der Waals surface area (Å²) < 4.78 is 13.0. The van der Waals surface area contributed by atoms with E-state index in [9.17, 15) is 14.0 Å². The Labute approximate surface area is 155 Å². The second-order valence-electron chi connectivity index (χ2n) is 6.39. The smallest absolute Gasteiger partial charge is 0.231 e. The molecule has 1 aromatic heterocycles. The molecule has 26 heavy (non-hydrogen) atoms. The number of nitrogens with two attached hydrogens (primary N) is 1. The van der Waals surface area contributed by atoms with E-state index in [2.05, 4.69) is 10.3 Å². The zero-order valence-electron chi connectivity index (χ0n) is 14.3. The molecule has 138 valence electrons. The molecule has 0 saturated carbocycles. The molecule has 3 rings (SSSR count). The van der Waals surface area contributed by atoms with Crippen molar-refractivity contribution in [3.8, 4) is 11.3 Å². The lowest BCUT2D eigenvalue weighted by Gasteiger charge is -2.30. The van der Waals surface area contributed by atoms with Crippen LogP contribution in [0.25, 0.3) is 11.3 Å². The van der Waals surface area contributed by atoms with E-state index in [4.69, 9.17) is 5.73 Å². The summed E-state index contributed by atoms with van der Waals surface area (Å²) in [6.45, 7) is 1.89. The summed E-state index contributed by atoms with van der Waals surface area (Å²) >= 11 is 1.46. The molecule has 6 nitrogen and oxygen atoms in total. The van der Waals surface area contributed by atoms with Gasteiger partial charge in [-0.05, 0) is 43.7 Å². The summed E-state index contributed by atoms with van der Waals surface area (Å²) in [4.78, 5) is 29.9. The van der Waals surface area contributed by atoms with E-state index in [0.717, 1.165) is 35.7 Å². The van der Waals surface area contributed by atoms with Gasteiger partial charge in [0.05, 0.1) is 24.7 Å². The molecule has 1 aromatic carbocycles. The maximum atomic E-state index is 13.0. The molecule has 1 aliphatic heterocycles. The van der Waals surface area contributed by atoms with E-state index >= 15 is 0 Å². The molecule has 1 fully saturated rings. The SMILES string of the molecule is NC(=O)CN1CCC[C@H](C(=O)NCc2nc(-c3ccc(F)cc3)cs2)C1. The molecule has 3 N–H and O–H groups in total. The van der Waals surface area contributed by atoms with Gasteiger partial charge in [0.1, 0.15) is 10.8 Å². The van der Waals surface area contributed by atoms with E-state index in [0.29, 0.717) is 13.1 Å². The fourth-order valence-electron chi connectivity index (χ4n) is 3.09. The van der Waals surface area contributed by atoms with Crippen molar-refractivity contribution in [3.63, 3.8) is 0 Å². The van der Waals surface area contributed by atoms with E-state index in [1.807, 2.05) is 10.3 Å². The van der Waals surface area contributed by atoms with Crippen molar-refractivity contribution in [2.75, 3.05) is 19.6 Å². The molecule has 0 aliphatic carbocycles. The van der Waals surface area contributed by atoms with Crippen LogP contribution in [0.2, 0.25) is 0 Å². The first kappa shape index (κ1) is 18.5. The Bertz CT molecular complexity index is 778.